The Kier molecular flexibility index (Phi) is 64.0. The number of carbonyl (C=O) groups excluding carboxylic acids is 2. The highest BCUT2D eigenvalue weighted by Crippen LogP contribution is 2.17. The number of nitrogens with one attached hydrogen (secondary N) is 1. The fourth-order valence-electron chi connectivity index (χ4n) is 10.3. The van der Waals surface area contributed by atoms with Crippen LogP contribution < -0.4 is 5.32 Å². The maximum atomic E-state index is 12.5. The second-order valence-corrected chi connectivity index (χ2v) is 23.1. The van der Waals surface area contributed by atoms with E-state index >= 15 is 0 Å². The van der Waals surface area contributed by atoms with Gasteiger partial charge in [-0.3, -0.25) is 9.59 Å². The first-order valence-corrected chi connectivity index (χ1v) is 34.1. The van der Waals surface area contributed by atoms with E-state index in [1.54, 1.807) is 6.08 Å². The third-order valence-corrected chi connectivity index (χ3v) is 15.5. The normalized spacial score (nSPS) is 12.9. The summed E-state index contributed by atoms with van der Waals surface area (Å²) in [4.78, 5) is 24.5. The molecule has 6 heteroatoms. The maximum Gasteiger partial charge on any atom is 0.305 e. The highest BCUT2D eigenvalue weighted by atomic mass is 16.5. The molecule has 0 aliphatic rings. The van der Waals surface area contributed by atoms with Crippen molar-refractivity contribution in [2.24, 2.45) is 0 Å². The van der Waals surface area contributed by atoms with Gasteiger partial charge in [0.15, 0.2) is 0 Å². The summed E-state index contributed by atoms with van der Waals surface area (Å²) in [6.45, 7) is 4.86. The first-order chi connectivity index (χ1) is 38.0. The van der Waals surface area contributed by atoms with E-state index in [2.05, 4.69) is 67.8 Å². The summed E-state index contributed by atoms with van der Waals surface area (Å²) in [7, 11) is 0. The molecule has 0 bridgehead atoms. The Morgan fingerprint density at radius 1 is 0.364 bits per heavy atom. The zero-order valence-corrected chi connectivity index (χ0v) is 51.4. The van der Waals surface area contributed by atoms with E-state index in [1.807, 2.05) is 6.08 Å². The molecule has 0 aliphatic carbocycles. The molecule has 450 valence electrons. The van der Waals surface area contributed by atoms with Crippen LogP contribution in [0.2, 0.25) is 0 Å². The van der Waals surface area contributed by atoms with E-state index in [0.29, 0.717) is 19.4 Å². The number of unbranched alkanes of at least 4 members (excludes halogenated alkanes) is 44. The molecule has 0 saturated carbocycles. The Labute approximate surface area is 479 Å². The van der Waals surface area contributed by atoms with E-state index in [1.165, 1.54) is 270 Å². The van der Waals surface area contributed by atoms with Gasteiger partial charge >= 0.3 is 5.97 Å². The van der Waals surface area contributed by atoms with Crippen molar-refractivity contribution in [3.05, 3.63) is 60.8 Å². The number of allylic oxidation sites excluding steroid dienone is 9. The van der Waals surface area contributed by atoms with Crippen LogP contribution in [0.25, 0.3) is 0 Å². The highest BCUT2D eigenvalue weighted by molar-refractivity contribution is 5.76. The smallest absolute Gasteiger partial charge is 0.305 e. The fourth-order valence-corrected chi connectivity index (χ4v) is 10.3. The van der Waals surface area contributed by atoms with Gasteiger partial charge in [0, 0.05) is 12.8 Å². The van der Waals surface area contributed by atoms with Crippen LogP contribution >= 0.6 is 0 Å². The molecular formula is C71H131NO5. The van der Waals surface area contributed by atoms with Gasteiger partial charge in [-0.05, 0) is 89.9 Å². The number of amides is 1. The number of aliphatic hydroxyl groups excluding tert-OH is 2. The van der Waals surface area contributed by atoms with Gasteiger partial charge in [0.25, 0.3) is 0 Å². The highest BCUT2D eigenvalue weighted by Gasteiger charge is 2.18. The van der Waals surface area contributed by atoms with Gasteiger partial charge in [-0.25, -0.2) is 0 Å². The number of hydrogen-bond donors (Lipinski definition) is 3. The van der Waals surface area contributed by atoms with Crippen LogP contribution in [-0.2, 0) is 14.3 Å². The van der Waals surface area contributed by atoms with Crippen LogP contribution in [0.1, 0.15) is 354 Å². The maximum absolute atomic E-state index is 12.5. The summed E-state index contributed by atoms with van der Waals surface area (Å²) < 4.78 is 5.47. The molecule has 77 heavy (non-hydrogen) atoms. The van der Waals surface area contributed by atoms with Crippen molar-refractivity contribution < 1.29 is 24.5 Å². The van der Waals surface area contributed by atoms with E-state index in [4.69, 9.17) is 4.74 Å². The van der Waals surface area contributed by atoms with Gasteiger partial charge in [0.1, 0.15) is 0 Å². The molecule has 3 N–H and O–H groups in total. The van der Waals surface area contributed by atoms with E-state index in [0.717, 1.165) is 57.8 Å². The van der Waals surface area contributed by atoms with Gasteiger partial charge in [0.05, 0.1) is 25.4 Å². The lowest BCUT2D eigenvalue weighted by atomic mass is 10.0. The quantitative estimate of drug-likeness (QED) is 0.0320. The topological polar surface area (TPSA) is 95.9 Å². The minimum absolute atomic E-state index is 0.00114. The predicted molar refractivity (Wildman–Crippen MR) is 338 cm³/mol. The average Bonchev–Trinajstić information content (AvgIpc) is 3.43. The van der Waals surface area contributed by atoms with E-state index < -0.39 is 12.1 Å². The molecule has 0 fully saturated rings. The van der Waals surface area contributed by atoms with Crippen LogP contribution in [0.15, 0.2) is 60.8 Å². The Balaban J connectivity index is 3.40. The number of ether oxygens (including phenoxy) is 1. The summed E-state index contributed by atoms with van der Waals surface area (Å²) >= 11 is 0. The Morgan fingerprint density at radius 3 is 1.03 bits per heavy atom. The van der Waals surface area contributed by atoms with Crippen molar-refractivity contribution in [3.8, 4) is 0 Å². The summed E-state index contributed by atoms with van der Waals surface area (Å²) in [5, 5.41) is 23.1. The number of esters is 1. The second kappa shape index (κ2) is 66.1. The lowest BCUT2D eigenvalue weighted by Gasteiger charge is -2.20. The molecular weight excluding hydrogens is 947 g/mol. The molecule has 0 aromatic heterocycles. The SMILES string of the molecule is CCCC/C=C\C/C=C\CCCCCCCC(=O)OCCCCCCCCCCC/C=C\C/C=C\CCCCCCCCCCCCCCCCCCCC(=O)NC(CO)C(O)/C=C/CCCCCCCCCCCCC. The molecule has 2 atom stereocenters. The van der Waals surface area contributed by atoms with E-state index in [-0.39, 0.29) is 18.5 Å². The fraction of sp³-hybridized carbons (Fsp3) is 0.831. The van der Waals surface area contributed by atoms with Gasteiger partial charge in [-0.1, -0.05) is 312 Å². The molecule has 1 amide bonds. The average molecular weight is 1080 g/mol. The number of aliphatic hydroxyl groups is 2. The molecule has 0 aliphatic heterocycles. The zero-order chi connectivity index (χ0) is 55.7. The zero-order valence-electron chi connectivity index (χ0n) is 51.4. The number of rotatable bonds is 63. The van der Waals surface area contributed by atoms with Gasteiger partial charge in [-0.15, -0.1) is 0 Å². The molecule has 6 nitrogen and oxygen atoms in total. The lowest BCUT2D eigenvalue weighted by molar-refractivity contribution is -0.143. The third-order valence-electron chi connectivity index (χ3n) is 15.5. The lowest BCUT2D eigenvalue weighted by Crippen LogP contribution is -2.45. The molecule has 2 unspecified atom stereocenters. The van der Waals surface area contributed by atoms with Crippen molar-refractivity contribution in [1.29, 1.82) is 0 Å². The van der Waals surface area contributed by atoms with Crippen molar-refractivity contribution in [1.82, 2.24) is 5.32 Å². The standard InChI is InChI=1S/C71H131NO5/c1-3-5-7-9-11-13-15-17-41-45-49-53-57-61-65-71(76)77-66-62-58-54-50-46-42-38-36-34-32-30-28-26-24-22-20-18-19-21-23-25-27-29-31-33-35-37-40-44-48-52-56-60-64-70(75)72-68(67-73)69(74)63-59-55-51-47-43-39-16-14-12-10-8-6-4-2/h9,11,15,17,22,24,28,30,59,63,68-69,73-74H,3-8,10,12-14,16,18-21,23,25-27,29,31-58,60-62,64-67H2,1-2H3,(H,72,75)/b11-9-,17-15-,24-22-,30-28-,63-59+. The number of hydrogen-bond acceptors (Lipinski definition) is 5. The molecule has 0 radical (unpaired) electrons. The third kappa shape index (κ3) is 62.6. The Hall–Kier alpha value is -2.44. The van der Waals surface area contributed by atoms with Crippen LogP contribution in [0, 0.1) is 0 Å². The van der Waals surface area contributed by atoms with Crippen LogP contribution in [0.5, 0.6) is 0 Å². The first kappa shape index (κ1) is 74.6. The van der Waals surface area contributed by atoms with Crippen LogP contribution in [-0.4, -0.2) is 47.4 Å². The predicted octanol–water partition coefficient (Wildman–Crippen LogP) is 21.9. The van der Waals surface area contributed by atoms with Gasteiger partial charge in [0.2, 0.25) is 5.91 Å². The van der Waals surface area contributed by atoms with Gasteiger partial charge in [-0.2, -0.15) is 0 Å². The summed E-state index contributed by atoms with van der Waals surface area (Å²) in [6, 6.07) is -0.626. The summed E-state index contributed by atoms with van der Waals surface area (Å²) in [5.41, 5.74) is 0. The van der Waals surface area contributed by atoms with Crippen LogP contribution in [0.3, 0.4) is 0 Å². The monoisotopic (exact) mass is 1080 g/mol. The molecule has 0 rings (SSSR count). The second-order valence-electron chi connectivity index (χ2n) is 23.1. The van der Waals surface area contributed by atoms with Crippen molar-refractivity contribution in [2.75, 3.05) is 13.2 Å². The molecule has 0 saturated heterocycles. The van der Waals surface area contributed by atoms with Crippen molar-refractivity contribution >= 4 is 11.9 Å². The molecule has 0 aromatic rings. The summed E-state index contributed by atoms with van der Waals surface area (Å²) in [5.74, 6) is -0.0670. The van der Waals surface area contributed by atoms with Gasteiger partial charge < -0.3 is 20.3 Å². The first-order valence-electron chi connectivity index (χ1n) is 34.1. The number of carbonyl (C=O) groups is 2. The van der Waals surface area contributed by atoms with Crippen molar-refractivity contribution in [3.63, 3.8) is 0 Å². The minimum atomic E-state index is -0.843. The molecule has 0 aromatic carbocycles. The molecule has 0 spiro atoms. The minimum Gasteiger partial charge on any atom is -0.466 e. The van der Waals surface area contributed by atoms with Crippen LogP contribution in [0.4, 0.5) is 0 Å². The Morgan fingerprint density at radius 2 is 0.662 bits per heavy atom. The summed E-state index contributed by atoms with van der Waals surface area (Å²) in [6.07, 6.45) is 87.2. The van der Waals surface area contributed by atoms with Crippen molar-refractivity contribution in [2.45, 2.75) is 366 Å². The largest absolute Gasteiger partial charge is 0.466 e. The van der Waals surface area contributed by atoms with E-state index in [9.17, 15) is 19.8 Å². The molecule has 0 heterocycles. The Bertz CT molecular complexity index is 1340.